The van der Waals surface area contributed by atoms with Crippen LogP contribution in [-0.4, -0.2) is 17.8 Å². The molecule has 3 rings (SSSR count). The van der Waals surface area contributed by atoms with Gasteiger partial charge in [-0.1, -0.05) is 30.9 Å². The van der Waals surface area contributed by atoms with E-state index >= 15 is 0 Å². The Morgan fingerprint density at radius 2 is 2.08 bits per heavy atom. The lowest BCUT2D eigenvalue weighted by atomic mass is 9.99. The summed E-state index contributed by atoms with van der Waals surface area (Å²) in [4.78, 5) is 8.74. The van der Waals surface area contributed by atoms with Crippen LogP contribution in [-0.2, 0) is 0 Å². The summed E-state index contributed by atoms with van der Waals surface area (Å²) in [5.74, 6) is 0.0858. The summed E-state index contributed by atoms with van der Waals surface area (Å²) < 4.78 is 30.6. The van der Waals surface area contributed by atoms with Crippen molar-refractivity contribution in [2.45, 2.75) is 13.5 Å². The van der Waals surface area contributed by atoms with Crippen LogP contribution in [0.5, 0.6) is 5.75 Å². The van der Waals surface area contributed by atoms with Crippen LogP contribution in [0, 0.1) is 0 Å². The Bertz CT molecular complexity index is 992. The van der Waals surface area contributed by atoms with Crippen molar-refractivity contribution >= 4 is 39.0 Å². The fraction of sp³-hybridized carbons (Fsp3) is 0.100. The van der Waals surface area contributed by atoms with Gasteiger partial charge >= 0.3 is 6.61 Å². The van der Waals surface area contributed by atoms with Gasteiger partial charge in [-0.05, 0) is 36.8 Å². The lowest BCUT2D eigenvalue weighted by Crippen LogP contribution is -2.02. The van der Waals surface area contributed by atoms with Crippen molar-refractivity contribution in [2.24, 2.45) is 4.99 Å². The Morgan fingerprint density at radius 1 is 1.23 bits per heavy atom. The summed E-state index contributed by atoms with van der Waals surface area (Å²) in [7, 11) is 0. The van der Waals surface area contributed by atoms with E-state index in [1.165, 1.54) is 6.07 Å². The molecule has 0 spiro atoms. The van der Waals surface area contributed by atoms with Crippen molar-refractivity contribution in [3.05, 3.63) is 71.8 Å². The van der Waals surface area contributed by atoms with Gasteiger partial charge in [0.05, 0.1) is 21.4 Å². The van der Waals surface area contributed by atoms with Crippen LogP contribution < -0.4 is 4.74 Å². The molecule has 3 aromatic rings. The minimum Gasteiger partial charge on any atom is -0.435 e. The third-order valence-electron chi connectivity index (χ3n) is 3.69. The zero-order chi connectivity index (χ0) is 18.5. The molecule has 132 valence electrons. The zero-order valence-corrected chi connectivity index (χ0v) is 14.8. The second-order valence-electron chi connectivity index (χ2n) is 5.29. The number of thiazole rings is 1. The SMILES string of the molecule is C=C/C(=C(\N=CC)c1cccc(OC(F)F)c1)c1ccc2ncsc2c1. The highest BCUT2D eigenvalue weighted by Crippen LogP contribution is 2.32. The molecule has 1 aromatic heterocycles. The van der Waals surface area contributed by atoms with Crippen LogP contribution >= 0.6 is 11.3 Å². The highest BCUT2D eigenvalue weighted by atomic mass is 32.1. The number of rotatable bonds is 6. The van der Waals surface area contributed by atoms with Gasteiger partial charge in [-0.15, -0.1) is 11.3 Å². The number of hydrogen-bond acceptors (Lipinski definition) is 4. The number of halogens is 2. The van der Waals surface area contributed by atoms with Crippen molar-refractivity contribution in [3.63, 3.8) is 0 Å². The Labute approximate surface area is 154 Å². The maximum Gasteiger partial charge on any atom is 0.387 e. The quantitative estimate of drug-likeness (QED) is 0.301. The number of hydrogen-bond donors (Lipinski definition) is 0. The molecule has 0 saturated carbocycles. The molecule has 0 bridgehead atoms. The fourth-order valence-corrected chi connectivity index (χ4v) is 3.34. The molecule has 0 N–H and O–H groups in total. The van der Waals surface area contributed by atoms with Crippen LogP contribution in [0.3, 0.4) is 0 Å². The first-order valence-electron chi connectivity index (χ1n) is 7.86. The average Bonchev–Trinajstić information content (AvgIpc) is 3.09. The summed E-state index contributed by atoms with van der Waals surface area (Å²) in [5, 5.41) is 0. The van der Waals surface area contributed by atoms with E-state index in [0.29, 0.717) is 11.3 Å². The molecular weight excluding hydrogens is 354 g/mol. The largest absolute Gasteiger partial charge is 0.435 e. The third kappa shape index (κ3) is 3.86. The minimum absolute atomic E-state index is 0.0858. The first-order chi connectivity index (χ1) is 12.6. The number of benzene rings is 2. The summed E-state index contributed by atoms with van der Waals surface area (Å²) in [6.07, 6.45) is 3.37. The molecule has 26 heavy (non-hydrogen) atoms. The highest BCUT2D eigenvalue weighted by molar-refractivity contribution is 7.16. The van der Waals surface area contributed by atoms with Crippen LogP contribution in [0.4, 0.5) is 8.78 Å². The van der Waals surface area contributed by atoms with Crippen molar-refractivity contribution in [2.75, 3.05) is 0 Å². The molecule has 2 aromatic carbocycles. The zero-order valence-electron chi connectivity index (χ0n) is 14.0. The van der Waals surface area contributed by atoms with E-state index in [2.05, 4.69) is 21.3 Å². The molecule has 0 aliphatic rings. The van der Waals surface area contributed by atoms with Gasteiger partial charge < -0.3 is 4.74 Å². The molecule has 0 radical (unpaired) electrons. The maximum absolute atomic E-state index is 12.5. The first kappa shape index (κ1) is 17.9. The van der Waals surface area contributed by atoms with E-state index in [1.54, 1.807) is 54.3 Å². The van der Waals surface area contributed by atoms with Gasteiger partial charge in [0.15, 0.2) is 0 Å². The molecule has 0 saturated heterocycles. The molecule has 0 aliphatic carbocycles. The van der Waals surface area contributed by atoms with Gasteiger partial charge in [-0.25, -0.2) is 4.98 Å². The third-order valence-corrected chi connectivity index (χ3v) is 4.48. The molecule has 0 unspecified atom stereocenters. The number of ether oxygens (including phenoxy) is 1. The predicted molar refractivity (Wildman–Crippen MR) is 104 cm³/mol. The Morgan fingerprint density at radius 3 is 2.81 bits per heavy atom. The van der Waals surface area contributed by atoms with E-state index in [-0.39, 0.29) is 5.75 Å². The lowest BCUT2D eigenvalue weighted by molar-refractivity contribution is -0.0498. The number of alkyl halides is 2. The molecule has 0 amide bonds. The van der Waals surface area contributed by atoms with Crippen molar-refractivity contribution in [1.29, 1.82) is 0 Å². The average molecular weight is 370 g/mol. The minimum atomic E-state index is -2.88. The Kier molecular flexibility index (Phi) is 5.53. The summed E-state index contributed by atoms with van der Waals surface area (Å²) in [6, 6.07) is 12.4. The fourth-order valence-electron chi connectivity index (χ4n) is 2.62. The number of allylic oxidation sites excluding steroid dienone is 2. The number of nitrogens with zero attached hydrogens (tertiary/aromatic N) is 2. The van der Waals surface area contributed by atoms with Crippen LogP contribution in [0.15, 0.2) is 65.6 Å². The smallest absolute Gasteiger partial charge is 0.387 e. The van der Waals surface area contributed by atoms with Crippen molar-refractivity contribution in [1.82, 2.24) is 4.98 Å². The van der Waals surface area contributed by atoms with Gasteiger partial charge in [0.25, 0.3) is 0 Å². The molecule has 1 heterocycles. The second-order valence-corrected chi connectivity index (χ2v) is 6.18. The van der Waals surface area contributed by atoms with E-state index in [4.69, 9.17) is 0 Å². The van der Waals surface area contributed by atoms with Crippen LogP contribution in [0.25, 0.3) is 21.5 Å². The van der Waals surface area contributed by atoms with Gasteiger partial charge in [0.2, 0.25) is 0 Å². The highest BCUT2D eigenvalue weighted by Gasteiger charge is 2.12. The van der Waals surface area contributed by atoms with E-state index in [1.807, 2.05) is 18.2 Å². The van der Waals surface area contributed by atoms with Crippen LogP contribution in [0.2, 0.25) is 0 Å². The Hall–Kier alpha value is -2.86. The standard InChI is InChI=1S/C20H16F2N2OS/c1-3-16(13-8-9-17-18(11-13)26-12-24-17)19(23-4-2)14-6-5-7-15(10-14)25-20(21)22/h3-12,20H,1H2,2H3/b19-16+,23-4?. The van der Waals surface area contributed by atoms with Crippen molar-refractivity contribution in [3.8, 4) is 5.75 Å². The van der Waals surface area contributed by atoms with Gasteiger partial charge in [0.1, 0.15) is 5.75 Å². The van der Waals surface area contributed by atoms with E-state index < -0.39 is 6.61 Å². The molecule has 6 heteroatoms. The molecule has 0 atom stereocenters. The number of aliphatic imine (C=N–C) groups is 1. The van der Waals surface area contributed by atoms with Crippen LogP contribution in [0.1, 0.15) is 18.1 Å². The Balaban J connectivity index is 2.15. The molecule has 0 fully saturated rings. The summed E-state index contributed by atoms with van der Waals surface area (Å²) in [6.45, 7) is 2.83. The first-order valence-corrected chi connectivity index (χ1v) is 8.74. The summed E-state index contributed by atoms with van der Waals surface area (Å²) >= 11 is 1.55. The van der Waals surface area contributed by atoms with E-state index in [0.717, 1.165) is 21.4 Å². The molecule has 0 aliphatic heterocycles. The van der Waals surface area contributed by atoms with E-state index in [9.17, 15) is 8.78 Å². The number of fused-ring (bicyclic) bond motifs is 1. The summed E-state index contributed by atoms with van der Waals surface area (Å²) in [5.41, 5.74) is 5.74. The number of aromatic nitrogens is 1. The lowest BCUT2D eigenvalue weighted by Gasteiger charge is -2.11. The monoisotopic (exact) mass is 370 g/mol. The van der Waals surface area contributed by atoms with Gasteiger partial charge in [-0.2, -0.15) is 8.78 Å². The van der Waals surface area contributed by atoms with Gasteiger partial charge in [0, 0.05) is 17.4 Å². The maximum atomic E-state index is 12.5. The predicted octanol–water partition coefficient (Wildman–Crippen LogP) is 6.04. The molecular formula is C20H16F2N2OS. The molecule has 3 nitrogen and oxygen atoms in total. The van der Waals surface area contributed by atoms with Crippen molar-refractivity contribution < 1.29 is 13.5 Å². The second kappa shape index (κ2) is 8.01. The normalized spacial score (nSPS) is 12.6. The topological polar surface area (TPSA) is 34.5 Å². The van der Waals surface area contributed by atoms with Gasteiger partial charge in [-0.3, -0.25) is 4.99 Å².